The third kappa shape index (κ3) is 4.41. The minimum absolute atomic E-state index is 0.0513. The predicted octanol–water partition coefficient (Wildman–Crippen LogP) is 3.84. The van der Waals surface area contributed by atoms with E-state index in [0.29, 0.717) is 33.7 Å². The molecule has 3 rings (SSSR count). The Hall–Kier alpha value is -2.99. The largest absolute Gasteiger partial charge is 0.508 e. The molecule has 6 nitrogen and oxygen atoms in total. The lowest BCUT2D eigenvalue weighted by Gasteiger charge is -2.10. The van der Waals surface area contributed by atoms with Gasteiger partial charge in [-0.1, -0.05) is 30.7 Å². The number of carbonyl (C=O) groups excluding carboxylic acids is 1. The van der Waals surface area contributed by atoms with Crippen molar-refractivity contribution in [3.8, 4) is 11.5 Å². The summed E-state index contributed by atoms with van der Waals surface area (Å²) < 4.78 is 15.6. The van der Waals surface area contributed by atoms with Crippen molar-refractivity contribution in [2.75, 3.05) is 6.61 Å². The Morgan fingerprint density at radius 1 is 1.19 bits per heavy atom. The molecule has 0 radical (unpaired) electrons. The van der Waals surface area contributed by atoms with E-state index >= 15 is 0 Å². The maximum Gasteiger partial charge on any atom is 0.344 e. The van der Waals surface area contributed by atoms with Crippen LogP contribution in [-0.4, -0.2) is 17.7 Å². The zero-order valence-electron chi connectivity index (χ0n) is 14.5. The standard InChI is InChI=1S/C20H17ClO6/c1-2-12-7-14-13(8-19(23)27-18(14)9-16(12)22)10-26-20(24)11-25-17-6-4-3-5-15(17)21/h3-9,22H,2,10-11H2,1H3. The van der Waals surface area contributed by atoms with Gasteiger partial charge < -0.3 is 19.0 Å². The van der Waals surface area contributed by atoms with Crippen molar-refractivity contribution in [2.45, 2.75) is 20.0 Å². The number of aromatic hydroxyl groups is 1. The predicted molar refractivity (Wildman–Crippen MR) is 100 cm³/mol. The number of hydrogen-bond donors (Lipinski definition) is 1. The first kappa shape index (κ1) is 18.8. The highest BCUT2D eigenvalue weighted by Gasteiger charge is 2.13. The minimum Gasteiger partial charge on any atom is -0.508 e. The summed E-state index contributed by atoms with van der Waals surface area (Å²) in [5.41, 5.74) is 0.827. The van der Waals surface area contributed by atoms with Crippen LogP contribution >= 0.6 is 11.6 Å². The van der Waals surface area contributed by atoms with Crippen molar-refractivity contribution < 1.29 is 23.8 Å². The molecular formula is C20H17ClO6. The van der Waals surface area contributed by atoms with E-state index in [1.54, 1.807) is 30.3 Å². The van der Waals surface area contributed by atoms with Gasteiger partial charge in [0.05, 0.1) is 5.02 Å². The number of fused-ring (bicyclic) bond motifs is 1. The van der Waals surface area contributed by atoms with Crippen LogP contribution in [0.2, 0.25) is 5.02 Å². The molecule has 0 amide bonds. The van der Waals surface area contributed by atoms with E-state index < -0.39 is 11.6 Å². The van der Waals surface area contributed by atoms with Gasteiger partial charge in [-0.05, 0) is 30.2 Å². The highest BCUT2D eigenvalue weighted by atomic mass is 35.5. The summed E-state index contributed by atoms with van der Waals surface area (Å²) in [7, 11) is 0. The number of aryl methyl sites for hydroxylation is 1. The van der Waals surface area contributed by atoms with Crippen LogP contribution in [0.5, 0.6) is 11.5 Å². The van der Waals surface area contributed by atoms with Crippen LogP contribution in [0, 0.1) is 0 Å². The number of esters is 1. The van der Waals surface area contributed by atoms with E-state index in [1.807, 2.05) is 6.92 Å². The molecule has 1 N–H and O–H groups in total. The number of phenols is 1. The first-order valence-corrected chi connectivity index (χ1v) is 8.67. The average molecular weight is 389 g/mol. The number of ether oxygens (including phenoxy) is 2. The number of halogens is 1. The van der Waals surface area contributed by atoms with E-state index in [0.717, 1.165) is 0 Å². The zero-order valence-corrected chi connectivity index (χ0v) is 15.3. The molecule has 1 heterocycles. The van der Waals surface area contributed by atoms with Crippen molar-refractivity contribution in [1.82, 2.24) is 0 Å². The van der Waals surface area contributed by atoms with Crippen molar-refractivity contribution in [3.05, 3.63) is 69.0 Å². The third-order valence-electron chi connectivity index (χ3n) is 3.98. The number of para-hydroxylation sites is 1. The topological polar surface area (TPSA) is 86.0 Å². The molecule has 2 aromatic carbocycles. The lowest BCUT2D eigenvalue weighted by molar-refractivity contribution is -0.147. The quantitative estimate of drug-likeness (QED) is 0.510. The van der Waals surface area contributed by atoms with Gasteiger partial charge in [0.1, 0.15) is 23.7 Å². The molecule has 0 fully saturated rings. The Morgan fingerprint density at radius 3 is 2.70 bits per heavy atom. The molecule has 0 atom stereocenters. The molecule has 3 aromatic rings. The second-order valence-electron chi connectivity index (χ2n) is 5.80. The van der Waals surface area contributed by atoms with Crippen molar-refractivity contribution in [3.63, 3.8) is 0 Å². The summed E-state index contributed by atoms with van der Waals surface area (Å²) in [5, 5.41) is 10.9. The number of carbonyl (C=O) groups is 1. The third-order valence-corrected chi connectivity index (χ3v) is 4.29. The summed E-state index contributed by atoms with van der Waals surface area (Å²) in [6.45, 7) is 1.45. The molecule has 0 bridgehead atoms. The van der Waals surface area contributed by atoms with Gasteiger partial charge in [-0.15, -0.1) is 0 Å². The van der Waals surface area contributed by atoms with Crippen LogP contribution in [0.4, 0.5) is 0 Å². The van der Waals surface area contributed by atoms with Crippen LogP contribution in [0.15, 0.2) is 51.7 Å². The monoisotopic (exact) mass is 388 g/mol. The summed E-state index contributed by atoms with van der Waals surface area (Å²) in [6.07, 6.45) is 0.603. The fraction of sp³-hybridized carbons (Fsp3) is 0.200. The Labute approximate surface area is 159 Å². The Kier molecular flexibility index (Phi) is 5.66. The molecular weight excluding hydrogens is 372 g/mol. The maximum atomic E-state index is 12.0. The first-order valence-electron chi connectivity index (χ1n) is 8.29. The molecule has 0 aliphatic heterocycles. The highest BCUT2D eigenvalue weighted by molar-refractivity contribution is 6.32. The second kappa shape index (κ2) is 8.14. The molecule has 0 aliphatic carbocycles. The normalized spacial score (nSPS) is 10.7. The Balaban J connectivity index is 1.73. The van der Waals surface area contributed by atoms with E-state index in [-0.39, 0.29) is 24.5 Å². The second-order valence-corrected chi connectivity index (χ2v) is 6.21. The van der Waals surface area contributed by atoms with Gasteiger partial charge in [0.2, 0.25) is 0 Å². The van der Waals surface area contributed by atoms with Gasteiger partial charge in [-0.25, -0.2) is 9.59 Å². The molecule has 7 heteroatoms. The Bertz CT molecular complexity index is 1040. The highest BCUT2D eigenvalue weighted by Crippen LogP contribution is 2.27. The maximum absolute atomic E-state index is 12.0. The molecule has 0 spiro atoms. The molecule has 140 valence electrons. The van der Waals surface area contributed by atoms with Gasteiger partial charge in [0.15, 0.2) is 6.61 Å². The minimum atomic E-state index is -0.606. The van der Waals surface area contributed by atoms with Gasteiger partial charge in [0.25, 0.3) is 0 Å². The molecule has 1 aromatic heterocycles. The summed E-state index contributed by atoms with van der Waals surface area (Å²) in [6, 6.07) is 11.2. The summed E-state index contributed by atoms with van der Waals surface area (Å²) in [4.78, 5) is 23.7. The van der Waals surface area contributed by atoms with Gasteiger partial charge >= 0.3 is 11.6 Å². The number of phenolic OH excluding ortho intramolecular Hbond substituents is 1. The lowest BCUT2D eigenvalue weighted by Crippen LogP contribution is -2.15. The van der Waals surface area contributed by atoms with Crippen LogP contribution in [0.25, 0.3) is 11.0 Å². The van der Waals surface area contributed by atoms with Crippen LogP contribution in [0.3, 0.4) is 0 Å². The fourth-order valence-corrected chi connectivity index (χ4v) is 2.80. The van der Waals surface area contributed by atoms with Gasteiger partial charge in [-0.2, -0.15) is 0 Å². The lowest BCUT2D eigenvalue weighted by atomic mass is 10.0. The SMILES string of the molecule is CCc1cc2c(COC(=O)COc3ccccc3Cl)cc(=O)oc2cc1O. The van der Waals surface area contributed by atoms with E-state index in [9.17, 15) is 14.7 Å². The van der Waals surface area contributed by atoms with Crippen LogP contribution in [0.1, 0.15) is 18.1 Å². The Morgan fingerprint density at radius 2 is 1.96 bits per heavy atom. The summed E-state index contributed by atoms with van der Waals surface area (Å²) in [5.74, 6) is -0.175. The molecule has 0 aliphatic rings. The van der Waals surface area contributed by atoms with E-state index in [2.05, 4.69) is 0 Å². The number of rotatable bonds is 6. The van der Waals surface area contributed by atoms with Gasteiger partial charge in [-0.3, -0.25) is 0 Å². The average Bonchev–Trinajstić information content (AvgIpc) is 2.64. The number of hydrogen-bond acceptors (Lipinski definition) is 6. The summed E-state index contributed by atoms with van der Waals surface area (Å²) >= 11 is 5.96. The molecule has 27 heavy (non-hydrogen) atoms. The first-order chi connectivity index (χ1) is 13.0. The molecule has 0 saturated heterocycles. The number of benzene rings is 2. The van der Waals surface area contributed by atoms with E-state index in [4.69, 9.17) is 25.5 Å². The molecule has 0 unspecified atom stereocenters. The molecule has 0 saturated carbocycles. The van der Waals surface area contributed by atoms with Crippen molar-refractivity contribution in [1.29, 1.82) is 0 Å². The van der Waals surface area contributed by atoms with Crippen LogP contribution < -0.4 is 10.4 Å². The van der Waals surface area contributed by atoms with E-state index in [1.165, 1.54) is 12.1 Å². The fourth-order valence-electron chi connectivity index (χ4n) is 2.61. The van der Waals surface area contributed by atoms with Crippen molar-refractivity contribution >= 4 is 28.5 Å². The van der Waals surface area contributed by atoms with Crippen LogP contribution in [-0.2, 0) is 22.6 Å². The van der Waals surface area contributed by atoms with Crippen molar-refractivity contribution in [2.24, 2.45) is 0 Å². The van der Waals surface area contributed by atoms with Gasteiger partial charge in [0, 0.05) is 23.1 Å². The zero-order chi connectivity index (χ0) is 19.4. The smallest absolute Gasteiger partial charge is 0.344 e.